The van der Waals surface area contributed by atoms with E-state index >= 15 is 0 Å². The first-order valence-corrected chi connectivity index (χ1v) is 7.89. The van der Waals surface area contributed by atoms with Crippen LogP contribution in [0.15, 0.2) is 21.2 Å². The summed E-state index contributed by atoms with van der Waals surface area (Å²) in [5, 5.41) is 0. The second-order valence-corrected chi connectivity index (χ2v) is 7.41. The van der Waals surface area contributed by atoms with Crippen LogP contribution >= 0.6 is 15.9 Å². The number of hydrogen-bond acceptors (Lipinski definition) is 3. The molecule has 1 saturated heterocycles. The van der Waals surface area contributed by atoms with Gasteiger partial charge in [-0.05, 0) is 59.3 Å². The molecule has 1 aliphatic rings. The van der Waals surface area contributed by atoms with Crippen LogP contribution in [0.4, 0.5) is 0 Å². The summed E-state index contributed by atoms with van der Waals surface area (Å²) in [5.74, 6) is 1.78. The summed E-state index contributed by atoms with van der Waals surface area (Å²) in [6.07, 6.45) is 4.22. The first-order valence-electron chi connectivity index (χ1n) is 7.10. The lowest BCUT2D eigenvalue weighted by molar-refractivity contribution is 0.0770. The van der Waals surface area contributed by atoms with Gasteiger partial charge in [-0.1, -0.05) is 20.8 Å². The molecule has 0 aromatic carbocycles. The molecule has 1 aromatic heterocycles. The van der Waals surface area contributed by atoms with Crippen LogP contribution in [0.5, 0.6) is 0 Å². The van der Waals surface area contributed by atoms with Gasteiger partial charge in [0.05, 0.1) is 16.8 Å². The van der Waals surface area contributed by atoms with Gasteiger partial charge < -0.3 is 10.2 Å². The van der Waals surface area contributed by atoms with Gasteiger partial charge in [0, 0.05) is 6.54 Å². The van der Waals surface area contributed by atoms with E-state index in [1.807, 2.05) is 6.07 Å². The lowest BCUT2D eigenvalue weighted by Gasteiger charge is -2.41. The molecule has 0 radical (unpaired) electrons. The molecule has 19 heavy (non-hydrogen) atoms. The summed E-state index contributed by atoms with van der Waals surface area (Å²) < 4.78 is 6.62. The number of rotatable bonds is 3. The van der Waals surface area contributed by atoms with Crippen molar-refractivity contribution in [3.63, 3.8) is 0 Å². The van der Waals surface area contributed by atoms with Crippen LogP contribution in [0, 0.1) is 11.3 Å². The van der Waals surface area contributed by atoms with Crippen LogP contribution < -0.4 is 5.73 Å². The predicted molar refractivity (Wildman–Crippen MR) is 82.0 cm³/mol. The van der Waals surface area contributed by atoms with Crippen molar-refractivity contribution in [2.75, 3.05) is 19.6 Å². The highest BCUT2D eigenvalue weighted by atomic mass is 79.9. The molecule has 1 unspecified atom stereocenters. The van der Waals surface area contributed by atoms with Crippen molar-refractivity contribution < 1.29 is 4.42 Å². The average molecular weight is 329 g/mol. The number of hydrogen-bond donors (Lipinski definition) is 1. The third kappa shape index (κ3) is 3.41. The molecular formula is C15H25BrN2O. The van der Waals surface area contributed by atoms with E-state index < -0.39 is 0 Å². The summed E-state index contributed by atoms with van der Waals surface area (Å²) in [5.41, 5.74) is 6.37. The zero-order chi connectivity index (χ0) is 14.0. The van der Waals surface area contributed by atoms with Crippen molar-refractivity contribution in [2.45, 2.75) is 39.7 Å². The molecule has 3 nitrogen and oxygen atoms in total. The Bertz CT molecular complexity index is 403. The zero-order valence-electron chi connectivity index (χ0n) is 12.2. The fourth-order valence-electron chi connectivity index (χ4n) is 3.04. The van der Waals surface area contributed by atoms with E-state index in [2.05, 4.69) is 41.6 Å². The Morgan fingerprint density at radius 2 is 2.05 bits per heavy atom. The number of piperidine rings is 1. The molecule has 108 valence electrons. The van der Waals surface area contributed by atoms with Gasteiger partial charge in [-0.2, -0.15) is 0 Å². The molecule has 1 fully saturated rings. The normalized spacial score (nSPS) is 20.7. The fourth-order valence-corrected chi connectivity index (χ4v) is 3.51. The van der Waals surface area contributed by atoms with Crippen molar-refractivity contribution in [3.8, 4) is 0 Å². The predicted octanol–water partition coefficient (Wildman–Crippen LogP) is 3.80. The van der Waals surface area contributed by atoms with E-state index in [0.29, 0.717) is 12.0 Å². The number of nitrogens with two attached hydrogens (primary N) is 1. The molecule has 4 heteroatoms. The third-order valence-electron chi connectivity index (χ3n) is 4.37. The van der Waals surface area contributed by atoms with Crippen LogP contribution in [-0.4, -0.2) is 24.5 Å². The highest BCUT2D eigenvalue weighted by molar-refractivity contribution is 9.10. The quantitative estimate of drug-likeness (QED) is 0.917. The van der Waals surface area contributed by atoms with Crippen molar-refractivity contribution in [1.29, 1.82) is 0 Å². The zero-order valence-corrected chi connectivity index (χ0v) is 13.7. The molecular weight excluding hydrogens is 304 g/mol. The Balaban J connectivity index is 2.02. The molecule has 0 amide bonds. The Kier molecular flexibility index (Phi) is 4.75. The molecule has 1 aromatic rings. The molecule has 0 saturated carbocycles. The molecule has 2 rings (SSSR count). The SMILES string of the molecule is CC(C)(C)C1CCN(C(CN)c2occc2Br)CC1. The Labute approximate surface area is 124 Å². The van der Waals surface area contributed by atoms with Gasteiger partial charge in [-0.15, -0.1) is 0 Å². The lowest BCUT2D eigenvalue weighted by Crippen LogP contribution is -2.42. The molecule has 0 aliphatic carbocycles. The molecule has 0 bridgehead atoms. The monoisotopic (exact) mass is 328 g/mol. The van der Waals surface area contributed by atoms with Gasteiger partial charge in [-0.3, -0.25) is 4.90 Å². The molecule has 0 spiro atoms. The third-order valence-corrected chi connectivity index (χ3v) is 5.02. The topological polar surface area (TPSA) is 42.4 Å². The van der Waals surface area contributed by atoms with E-state index in [9.17, 15) is 0 Å². The smallest absolute Gasteiger partial charge is 0.136 e. The maximum absolute atomic E-state index is 5.96. The van der Waals surface area contributed by atoms with Crippen molar-refractivity contribution in [3.05, 3.63) is 22.6 Å². The minimum absolute atomic E-state index is 0.199. The highest BCUT2D eigenvalue weighted by Gasteiger charge is 2.32. The number of furan rings is 1. The summed E-state index contributed by atoms with van der Waals surface area (Å²) >= 11 is 3.54. The second-order valence-electron chi connectivity index (χ2n) is 6.56. The van der Waals surface area contributed by atoms with E-state index in [1.54, 1.807) is 6.26 Å². The van der Waals surface area contributed by atoms with Gasteiger partial charge in [0.25, 0.3) is 0 Å². The molecule has 2 N–H and O–H groups in total. The Hall–Kier alpha value is -0.320. The summed E-state index contributed by atoms with van der Waals surface area (Å²) in [6.45, 7) is 9.85. The van der Waals surface area contributed by atoms with E-state index in [-0.39, 0.29) is 6.04 Å². The van der Waals surface area contributed by atoms with E-state index in [0.717, 1.165) is 29.2 Å². The first kappa shape index (κ1) is 15.1. The number of likely N-dealkylation sites (tertiary alicyclic amines) is 1. The fraction of sp³-hybridized carbons (Fsp3) is 0.733. The summed E-state index contributed by atoms with van der Waals surface area (Å²) in [7, 11) is 0. The average Bonchev–Trinajstić information content (AvgIpc) is 2.76. The number of halogens is 1. The van der Waals surface area contributed by atoms with E-state index in [1.165, 1.54) is 12.8 Å². The van der Waals surface area contributed by atoms with Gasteiger partial charge in [0.1, 0.15) is 5.76 Å². The van der Waals surface area contributed by atoms with Crippen molar-refractivity contribution in [2.24, 2.45) is 17.1 Å². The standard InChI is InChI=1S/C15H25BrN2O/c1-15(2,3)11-4-7-18(8-5-11)13(10-17)14-12(16)6-9-19-14/h6,9,11,13H,4-5,7-8,10,17H2,1-3H3. The minimum Gasteiger partial charge on any atom is -0.466 e. The lowest BCUT2D eigenvalue weighted by atomic mass is 9.75. The van der Waals surface area contributed by atoms with Crippen molar-refractivity contribution >= 4 is 15.9 Å². The van der Waals surface area contributed by atoms with Crippen LogP contribution in [0.3, 0.4) is 0 Å². The second kappa shape index (κ2) is 5.98. The maximum atomic E-state index is 5.96. The summed E-state index contributed by atoms with van der Waals surface area (Å²) in [4.78, 5) is 2.46. The van der Waals surface area contributed by atoms with Crippen molar-refractivity contribution in [1.82, 2.24) is 4.90 Å². The van der Waals surface area contributed by atoms with Crippen LogP contribution in [0.2, 0.25) is 0 Å². The highest BCUT2D eigenvalue weighted by Crippen LogP contribution is 2.37. The van der Waals surface area contributed by atoms with Crippen LogP contribution in [0.1, 0.15) is 45.4 Å². The minimum atomic E-state index is 0.199. The number of nitrogens with zero attached hydrogens (tertiary/aromatic N) is 1. The van der Waals surface area contributed by atoms with Gasteiger partial charge in [0.15, 0.2) is 0 Å². The van der Waals surface area contributed by atoms with Gasteiger partial charge in [-0.25, -0.2) is 0 Å². The maximum Gasteiger partial charge on any atom is 0.136 e. The Morgan fingerprint density at radius 1 is 1.42 bits per heavy atom. The van der Waals surface area contributed by atoms with Gasteiger partial charge in [0.2, 0.25) is 0 Å². The summed E-state index contributed by atoms with van der Waals surface area (Å²) in [6, 6.07) is 2.14. The van der Waals surface area contributed by atoms with E-state index in [4.69, 9.17) is 10.2 Å². The molecule has 1 aliphatic heterocycles. The first-order chi connectivity index (χ1) is 8.93. The van der Waals surface area contributed by atoms with Crippen LogP contribution in [-0.2, 0) is 0 Å². The largest absolute Gasteiger partial charge is 0.466 e. The Morgan fingerprint density at radius 3 is 2.47 bits per heavy atom. The van der Waals surface area contributed by atoms with Gasteiger partial charge >= 0.3 is 0 Å². The molecule has 1 atom stereocenters. The molecule has 2 heterocycles. The van der Waals surface area contributed by atoms with Crippen LogP contribution in [0.25, 0.3) is 0 Å².